The Hall–Kier alpha value is -3.56. The third-order valence-corrected chi connectivity index (χ3v) is 10.9. The van der Waals surface area contributed by atoms with Gasteiger partial charge < -0.3 is 39.9 Å². The summed E-state index contributed by atoms with van der Waals surface area (Å²) in [5.41, 5.74) is 0. The molecule has 0 aliphatic heterocycles. The van der Waals surface area contributed by atoms with Crippen LogP contribution in [-0.2, 0) is 37.5 Å². The highest BCUT2D eigenvalue weighted by atomic mass is 31.2. The molecule has 3 unspecified atom stereocenters. The molecule has 0 radical (unpaired) electrons. The second-order valence-electron chi connectivity index (χ2n) is 15.6. The van der Waals surface area contributed by atoms with Crippen LogP contribution >= 0.6 is 7.82 Å². The van der Waals surface area contributed by atoms with Crippen molar-refractivity contribution in [1.82, 2.24) is 0 Å². The fourth-order valence-electron chi connectivity index (χ4n) is 6.17. The van der Waals surface area contributed by atoms with Crippen LogP contribution in [0.5, 0.6) is 0 Å². The number of aliphatic hydroxyl groups excluding tert-OH is 5. The largest absolute Gasteiger partial charge is 0.472 e. The lowest BCUT2D eigenvalue weighted by atomic mass is 9.85. The molecule has 14 nitrogen and oxygen atoms in total. The van der Waals surface area contributed by atoms with Crippen LogP contribution in [0.3, 0.4) is 0 Å². The Bertz CT molecular complexity index is 1550. The molecule has 64 heavy (non-hydrogen) atoms. The maximum atomic E-state index is 12.8. The first-order valence-electron chi connectivity index (χ1n) is 23.0. The van der Waals surface area contributed by atoms with Crippen LogP contribution in [0.4, 0.5) is 0 Å². The summed E-state index contributed by atoms with van der Waals surface area (Å²) in [6, 6.07) is 0. The van der Waals surface area contributed by atoms with Gasteiger partial charge in [0.25, 0.3) is 0 Å². The van der Waals surface area contributed by atoms with Crippen molar-refractivity contribution in [3.63, 3.8) is 0 Å². The highest BCUT2D eigenvalue weighted by Crippen LogP contribution is 2.47. The molecule has 15 heteroatoms. The number of allylic oxidation sites excluding steroid dienone is 16. The summed E-state index contributed by atoms with van der Waals surface area (Å²) in [4.78, 5) is 47.7. The Morgan fingerprint density at radius 3 is 1.62 bits per heavy atom. The maximum Gasteiger partial charge on any atom is 0.472 e. The van der Waals surface area contributed by atoms with Crippen molar-refractivity contribution in [2.75, 3.05) is 13.2 Å². The van der Waals surface area contributed by atoms with Crippen molar-refractivity contribution < 1.29 is 67.9 Å². The molecule has 362 valence electrons. The highest BCUT2D eigenvalue weighted by Gasteiger charge is 2.51. The number of hydrogen-bond acceptors (Lipinski definition) is 13. The summed E-state index contributed by atoms with van der Waals surface area (Å²) in [7, 11) is -5.17. The molecule has 0 amide bonds. The van der Waals surface area contributed by atoms with Gasteiger partial charge in [-0.2, -0.15) is 0 Å². The van der Waals surface area contributed by atoms with E-state index in [1.165, 1.54) is 12.8 Å². The number of ketones is 1. The third kappa shape index (κ3) is 29.8. The molecule has 1 fully saturated rings. The SMILES string of the molecule is CC/C=C\C/C=C\C/C=C\C/C=C\C/C=C\C/C=C\CCC(=O)O[C@H](COC(=O)CCCCCCCC(=O)/C=C/C=C\CCCCC)COP(=O)(O)OC1[C@H](O)[C@H](O)C(O)[C@H](O)[C@H]1O. The van der Waals surface area contributed by atoms with Crippen LogP contribution in [0.15, 0.2) is 97.2 Å². The third-order valence-electron chi connectivity index (χ3n) is 9.90. The molecule has 1 aliphatic carbocycles. The predicted molar refractivity (Wildman–Crippen MR) is 249 cm³/mol. The average molecular weight is 921 g/mol. The summed E-state index contributed by atoms with van der Waals surface area (Å²) in [5.74, 6) is -1.23. The molecule has 0 heterocycles. The minimum absolute atomic E-state index is 0.0590. The molecule has 1 aliphatic rings. The minimum atomic E-state index is -5.17. The molecule has 0 spiro atoms. The standard InChI is InChI=1S/C49H77O14P/c1-3-5-7-9-11-12-13-14-15-16-17-18-19-20-21-22-24-28-33-37-43(52)62-41(39-61-64(58,59)63-49-47(56)45(54)44(53)46(55)48(49)57)38-60-42(51)36-32-29-25-27-31-35-40(50)34-30-26-23-10-8-6-4-2/h5,7,11-12,14-15,17-18,20-21,23-24,26,28,30,34,41,44-49,53-57H,3-4,6,8-10,13,16,19,22,25,27,29,31-33,35-39H2,1-2H3,(H,58,59)/b7-5-,12-11-,15-14-,18-17-,21-20-,26-23-,28-24-,34-30+/t41-,44?,45-,46+,47-,48-,49?/m1/s1. The molecule has 0 bridgehead atoms. The lowest BCUT2D eigenvalue weighted by Gasteiger charge is -2.41. The molecule has 0 aromatic rings. The van der Waals surface area contributed by atoms with E-state index >= 15 is 0 Å². The first-order chi connectivity index (χ1) is 30.8. The van der Waals surface area contributed by atoms with Gasteiger partial charge in [-0.15, -0.1) is 0 Å². The number of phosphoric acid groups is 1. The lowest BCUT2D eigenvalue weighted by Crippen LogP contribution is -2.64. The van der Waals surface area contributed by atoms with Gasteiger partial charge in [0, 0.05) is 19.3 Å². The number of hydrogen-bond donors (Lipinski definition) is 6. The Morgan fingerprint density at radius 1 is 0.547 bits per heavy atom. The van der Waals surface area contributed by atoms with E-state index in [4.69, 9.17) is 18.5 Å². The minimum Gasteiger partial charge on any atom is -0.462 e. The van der Waals surface area contributed by atoms with E-state index in [1.54, 1.807) is 12.2 Å². The number of phosphoric ester groups is 1. The number of carbonyl (C=O) groups is 3. The molecule has 8 atom stereocenters. The van der Waals surface area contributed by atoms with Gasteiger partial charge in [0.05, 0.1) is 6.61 Å². The van der Waals surface area contributed by atoms with E-state index in [0.717, 1.165) is 70.6 Å². The van der Waals surface area contributed by atoms with Crippen LogP contribution < -0.4 is 0 Å². The first-order valence-corrected chi connectivity index (χ1v) is 24.5. The summed E-state index contributed by atoms with van der Waals surface area (Å²) >= 11 is 0. The normalized spacial score (nSPS) is 22.4. The Kier molecular flexibility index (Phi) is 34.4. The van der Waals surface area contributed by atoms with Crippen LogP contribution in [0, 0.1) is 0 Å². The van der Waals surface area contributed by atoms with E-state index in [-0.39, 0.29) is 18.6 Å². The van der Waals surface area contributed by atoms with Crippen molar-refractivity contribution >= 4 is 25.5 Å². The van der Waals surface area contributed by atoms with Crippen molar-refractivity contribution in [3.05, 3.63) is 97.2 Å². The van der Waals surface area contributed by atoms with E-state index in [9.17, 15) is 49.4 Å². The van der Waals surface area contributed by atoms with Gasteiger partial charge in [0.1, 0.15) is 43.2 Å². The molecule has 1 saturated carbocycles. The van der Waals surface area contributed by atoms with Crippen molar-refractivity contribution in [2.24, 2.45) is 0 Å². The molecule has 1 rings (SSSR count). The number of rotatable bonds is 36. The van der Waals surface area contributed by atoms with Crippen LogP contribution in [0.2, 0.25) is 0 Å². The quantitative estimate of drug-likeness (QED) is 0.00870. The van der Waals surface area contributed by atoms with Gasteiger partial charge in [0.15, 0.2) is 11.9 Å². The zero-order valence-corrected chi connectivity index (χ0v) is 38.9. The van der Waals surface area contributed by atoms with Crippen molar-refractivity contribution in [2.45, 2.75) is 179 Å². The number of ether oxygens (including phenoxy) is 2. The number of carbonyl (C=O) groups excluding carboxylic acids is 3. The zero-order valence-electron chi connectivity index (χ0n) is 38.0. The van der Waals surface area contributed by atoms with Gasteiger partial charge in [0.2, 0.25) is 0 Å². The first kappa shape index (κ1) is 58.5. The van der Waals surface area contributed by atoms with Gasteiger partial charge in [-0.3, -0.25) is 23.4 Å². The lowest BCUT2D eigenvalue weighted by molar-refractivity contribution is -0.220. The molecule has 0 aromatic heterocycles. The van der Waals surface area contributed by atoms with Gasteiger partial charge >= 0.3 is 19.8 Å². The Labute approximate surface area is 381 Å². The monoisotopic (exact) mass is 921 g/mol. The van der Waals surface area contributed by atoms with Crippen molar-refractivity contribution in [3.8, 4) is 0 Å². The smallest absolute Gasteiger partial charge is 0.462 e. The van der Waals surface area contributed by atoms with E-state index in [1.807, 2.05) is 30.4 Å². The summed E-state index contributed by atoms with van der Waals surface area (Å²) in [6.45, 7) is 2.95. The molecular weight excluding hydrogens is 843 g/mol. The molecule has 0 saturated heterocycles. The van der Waals surface area contributed by atoms with E-state index in [2.05, 4.69) is 68.5 Å². The fraction of sp³-hybridized carbons (Fsp3) is 0.612. The average Bonchev–Trinajstić information content (AvgIpc) is 3.27. The summed E-state index contributed by atoms with van der Waals surface area (Å²) < 4.78 is 33.3. The Balaban J connectivity index is 2.57. The number of esters is 2. The zero-order chi connectivity index (χ0) is 47.3. The van der Waals surface area contributed by atoms with E-state index in [0.29, 0.717) is 25.7 Å². The second kappa shape index (κ2) is 37.6. The summed E-state index contributed by atoms with van der Waals surface area (Å²) in [6.07, 6.45) is 32.9. The number of aliphatic hydroxyl groups is 5. The fourth-order valence-corrected chi connectivity index (χ4v) is 7.15. The number of unbranched alkanes of at least 4 members (excludes halogenated alkanes) is 7. The van der Waals surface area contributed by atoms with Crippen LogP contribution in [0.25, 0.3) is 0 Å². The molecule has 6 N–H and O–H groups in total. The molecular formula is C49H77O14P. The van der Waals surface area contributed by atoms with Crippen molar-refractivity contribution in [1.29, 1.82) is 0 Å². The van der Waals surface area contributed by atoms with E-state index < -0.39 is 75.7 Å². The highest BCUT2D eigenvalue weighted by molar-refractivity contribution is 7.47. The predicted octanol–water partition coefficient (Wildman–Crippen LogP) is 8.23. The van der Waals surface area contributed by atoms with Gasteiger partial charge in [-0.1, -0.05) is 137 Å². The van der Waals surface area contributed by atoms with Crippen LogP contribution in [0.1, 0.15) is 136 Å². The topological polar surface area (TPSA) is 227 Å². The van der Waals surface area contributed by atoms with Crippen LogP contribution in [-0.4, -0.2) is 104 Å². The van der Waals surface area contributed by atoms with Gasteiger partial charge in [-0.05, 0) is 76.7 Å². The Morgan fingerprint density at radius 2 is 1.06 bits per heavy atom. The summed E-state index contributed by atoms with van der Waals surface area (Å²) in [5, 5.41) is 50.1. The van der Waals surface area contributed by atoms with Gasteiger partial charge in [-0.25, -0.2) is 4.57 Å². The maximum absolute atomic E-state index is 12.8. The molecule has 0 aromatic carbocycles. The second-order valence-corrected chi connectivity index (χ2v) is 17.0.